The van der Waals surface area contributed by atoms with Gasteiger partial charge in [-0.1, -0.05) is 18.2 Å². The van der Waals surface area contributed by atoms with Gasteiger partial charge in [0.1, 0.15) is 0 Å². The highest BCUT2D eigenvalue weighted by molar-refractivity contribution is 7.99. The van der Waals surface area contributed by atoms with Crippen LogP contribution in [0.5, 0.6) is 0 Å². The Hall–Kier alpha value is -1.95. The minimum Gasteiger partial charge on any atom is -0.331 e. The fourth-order valence-electron chi connectivity index (χ4n) is 2.14. The normalized spacial score (nSPS) is 17.6. The highest BCUT2D eigenvalue weighted by Gasteiger charge is 2.21. The summed E-state index contributed by atoms with van der Waals surface area (Å²) in [4.78, 5) is 13.2. The van der Waals surface area contributed by atoms with E-state index in [-0.39, 0.29) is 12.1 Å². The number of benzene rings is 1. The predicted molar refractivity (Wildman–Crippen MR) is 75.3 cm³/mol. The van der Waals surface area contributed by atoms with E-state index in [1.807, 2.05) is 23.9 Å². The van der Waals surface area contributed by atoms with E-state index in [1.165, 1.54) is 10.5 Å². The van der Waals surface area contributed by atoms with Crippen molar-refractivity contribution in [3.05, 3.63) is 42.2 Å². The smallest absolute Gasteiger partial charge is 0.319 e. The Kier molecular flexibility index (Phi) is 3.41. The number of urea groups is 1. The molecule has 0 saturated heterocycles. The number of fused-ring (bicyclic) bond motifs is 1. The summed E-state index contributed by atoms with van der Waals surface area (Å²) < 4.78 is 0. The van der Waals surface area contributed by atoms with Crippen molar-refractivity contribution in [1.82, 2.24) is 15.5 Å². The van der Waals surface area contributed by atoms with E-state index < -0.39 is 0 Å². The molecule has 0 saturated carbocycles. The highest BCUT2D eigenvalue weighted by Crippen LogP contribution is 2.35. The second-order valence-electron chi connectivity index (χ2n) is 4.31. The van der Waals surface area contributed by atoms with Gasteiger partial charge in [0.05, 0.1) is 17.9 Å². The maximum Gasteiger partial charge on any atom is 0.319 e. The molecule has 3 rings (SSSR count). The third-order valence-electron chi connectivity index (χ3n) is 3.02. The van der Waals surface area contributed by atoms with Crippen LogP contribution in [0.1, 0.15) is 18.0 Å². The van der Waals surface area contributed by atoms with E-state index in [4.69, 9.17) is 0 Å². The molecule has 0 fully saturated rings. The van der Waals surface area contributed by atoms with Crippen LogP contribution in [0.4, 0.5) is 10.5 Å². The van der Waals surface area contributed by atoms with Gasteiger partial charge in [0.15, 0.2) is 0 Å². The number of rotatable bonds is 2. The zero-order valence-electron chi connectivity index (χ0n) is 10.2. The predicted octanol–water partition coefficient (Wildman–Crippen LogP) is 2.77. The average molecular weight is 274 g/mol. The lowest BCUT2D eigenvalue weighted by atomic mass is 10.0. The van der Waals surface area contributed by atoms with Crippen molar-refractivity contribution in [2.24, 2.45) is 0 Å². The molecule has 0 aliphatic carbocycles. The summed E-state index contributed by atoms with van der Waals surface area (Å²) in [5.74, 6) is 1.02. The molecule has 6 heteroatoms. The molecule has 19 heavy (non-hydrogen) atoms. The van der Waals surface area contributed by atoms with Crippen LogP contribution in [-0.4, -0.2) is 22.0 Å². The minimum absolute atomic E-state index is 0.0735. The number of thioether (sulfide) groups is 1. The van der Waals surface area contributed by atoms with Crippen LogP contribution < -0.4 is 10.6 Å². The first kappa shape index (κ1) is 12.1. The van der Waals surface area contributed by atoms with Crippen LogP contribution in [0.15, 0.2) is 41.6 Å². The summed E-state index contributed by atoms with van der Waals surface area (Å²) in [7, 11) is 0. The summed E-state index contributed by atoms with van der Waals surface area (Å²) in [6.45, 7) is 0. The van der Waals surface area contributed by atoms with E-state index in [9.17, 15) is 4.79 Å². The fourth-order valence-corrected chi connectivity index (χ4v) is 3.26. The molecule has 1 unspecified atom stereocenters. The molecule has 1 aliphatic rings. The van der Waals surface area contributed by atoms with Gasteiger partial charge in [-0.2, -0.15) is 5.10 Å². The number of carbonyl (C=O) groups excluding carboxylic acids is 1. The summed E-state index contributed by atoms with van der Waals surface area (Å²) in [6.07, 6.45) is 4.16. The molecule has 2 heterocycles. The molecule has 1 aromatic heterocycles. The maximum atomic E-state index is 11.9. The molecule has 1 atom stereocenters. The van der Waals surface area contributed by atoms with Gasteiger partial charge in [0, 0.05) is 16.8 Å². The second kappa shape index (κ2) is 5.36. The lowest BCUT2D eigenvalue weighted by Gasteiger charge is -2.25. The average Bonchev–Trinajstić information content (AvgIpc) is 2.92. The Bertz CT molecular complexity index is 570. The molecule has 2 amide bonds. The number of aromatic amines is 1. The molecule has 2 aromatic rings. The lowest BCUT2D eigenvalue weighted by molar-refractivity contribution is 0.248. The Morgan fingerprint density at radius 3 is 3.16 bits per heavy atom. The van der Waals surface area contributed by atoms with Crippen LogP contribution in [0.2, 0.25) is 0 Å². The van der Waals surface area contributed by atoms with Gasteiger partial charge in [0.2, 0.25) is 0 Å². The topological polar surface area (TPSA) is 69.8 Å². The number of hydrogen-bond acceptors (Lipinski definition) is 3. The Balaban J connectivity index is 1.69. The monoisotopic (exact) mass is 274 g/mol. The number of aromatic nitrogens is 2. The third kappa shape index (κ3) is 2.73. The Labute approximate surface area is 115 Å². The third-order valence-corrected chi connectivity index (χ3v) is 4.14. The first-order valence-electron chi connectivity index (χ1n) is 6.11. The van der Waals surface area contributed by atoms with Crippen molar-refractivity contribution in [2.45, 2.75) is 17.4 Å². The van der Waals surface area contributed by atoms with Crippen LogP contribution >= 0.6 is 11.8 Å². The number of anilines is 1. The van der Waals surface area contributed by atoms with Gasteiger partial charge in [-0.25, -0.2) is 4.79 Å². The van der Waals surface area contributed by atoms with Crippen molar-refractivity contribution in [1.29, 1.82) is 0 Å². The van der Waals surface area contributed by atoms with Gasteiger partial charge in [-0.15, -0.1) is 11.8 Å². The summed E-state index contributed by atoms with van der Waals surface area (Å²) in [5.41, 5.74) is 1.86. The van der Waals surface area contributed by atoms with Crippen LogP contribution in [0.3, 0.4) is 0 Å². The molecule has 1 aromatic carbocycles. The van der Waals surface area contributed by atoms with Crippen LogP contribution in [0.25, 0.3) is 0 Å². The van der Waals surface area contributed by atoms with E-state index in [1.54, 1.807) is 12.4 Å². The largest absolute Gasteiger partial charge is 0.331 e. The summed E-state index contributed by atoms with van der Waals surface area (Å²) >= 11 is 1.84. The number of H-pyrrole nitrogens is 1. The van der Waals surface area contributed by atoms with Crippen molar-refractivity contribution in [3.63, 3.8) is 0 Å². The number of hydrogen-bond donors (Lipinski definition) is 3. The first-order valence-corrected chi connectivity index (χ1v) is 7.09. The standard InChI is InChI=1S/C13H14N4OS/c18-13(16-9-7-14-15-8-9)17-11-5-6-19-12-4-2-1-3-10(11)12/h1-4,7-8,11H,5-6H2,(H,14,15)(H2,16,17,18). The summed E-state index contributed by atoms with van der Waals surface area (Å²) in [5, 5.41) is 12.2. The molecule has 0 bridgehead atoms. The molecule has 0 radical (unpaired) electrons. The zero-order valence-corrected chi connectivity index (χ0v) is 11.0. The van der Waals surface area contributed by atoms with E-state index in [0.717, 1.165) is 12.2 Å². The van der Waals surface area contributed by atoms with E-state index in [0.29, 0.717) is 5.69 Å². The number of nitrogens with zero attached hydrogens (tertiary/aromatic N) is 1. The van der Waals surface area contributed by atoms with Crippen molar-refractivity contribution >= 4 is 23.5 Å². The number of carbonyl (C=O) groups is 1. The van der Waals surface area contributed by atoms with Gasteiger partial charge >= 0.3 is 6.03 Å². The molecule has 0 spiro atoms. The first-order chi connectivity index (χ1) is 9.33. The SMILES string of the molecule is O=C(Nc1cn[nH]c1)NC1CCSc2ccccc21. The number of amides is 2. The van der Waals surface area contributed by atoms with Crippen LogP contribution in [-0.2, 0) is 0 Å². The van der Waals surface area contributed by atoms with Crippen LogP contribution in [0, 0.1) is 0 Å². The van der Waals surface area contributed by atoms with Crippen molar-refractivity contribution in [2.75, 3.05) is 11.1 Å². The Morgan fingerprint density at radius 2 is 2.32 bits per heavy atom. The molecule has 98 valence electrons. The van der Waals surface area contributed by atoms with Gasteiger partial charge in [-0.3, -0.25) is 5.10 Å². The second-order valence-corrected chi connectivity index (χ2v) is 5.45. The summed E-state index contributed by atoms with van der Waals surface area (Å²) in [6, 6.07) is 8.08. The quantitative estimate of drug-likeness (QED) is 0.788. The molecule has 3 N–H and O–H groups in total. The molecule has 1 aliphatic heterocycles. The number of nitrogens with one attached hydrogen (secondary N) is 3. The maximum absolute atomic E-state index is 11.9. The lowest BCUT2D eigenvalue weighted by Crippen LogP contribution is -2.34. The van der Waals surface area contributed by atoms with Crippen molar-refractivity contribution < 1.29 is 4.79 Å². The van der Waals surface area contributed by atoms with Gasteiger partial charge < -0.3 is 10.6 Å². The van der Waals surface area contributed by atoms with Gasteiger partial charge in [0.25, 0.3) is 0 Å². The van der Waals surface area contributed by atoms with Gasteiger partial charge in [-0.05, 0) is 18.1 Å². The van der Waals surface area contributed by atoms with E-state index in [2.05, 4.69) is 33.0 Å². The fraction of sp³-hybridized carbons (Fsp3) is 0.231. The molecular weight excluding hydrogens is 260 g/mol. The van der Waals surface area contributed by atoms with Crippen molar-refractivity contribution in [3.8, 4) is 0 Å². The minimum atomic E-state index is -0.201. The molecule has 5 nitrogen and oxygen atoms in total. The van der Waals surface area contributed by atoms with E-state index >= 15 is 0 Å². The Morgan fingerprint density at radius 1 is 1.42 bits per heavy atom. The zero-order chi connectivity index (χ0) is 13.1. The molecular formula is C13H14N4OS. The highest BCUT2D eigenvalue weighted by atomic mass is 32.2.